The number of aryl methyl sites for hydroxylation is 1. The summed E-state index contributed by atoms with van der Waals surface area (Å²) in [6.07, 6.45) is 0. The van der Waals surface area contributed by atoms with Gasteiger partial charge in [0.1, 0.15) is 5.69 Å². The number of hydrogen-bond acceptors (Lipinski definition) is 3. The number of carboxylic acid groups (broad SMARTS) is 1. The van der Waals surface area contributed by atoms with E-state index in [1.165, 1.54) is 0 Å². The summed E-state index contributed by atoms with van der Waals surface area (Å²) in [5.41, 5.74) is 6.91. The molecule has 2 aromatic rings. The smallest absolute Gasteiger partial charge is 0.353 e. The van der Waals surface area contributed by atoms with Gasteiger partial charge < -0.3 is 10.8 Å². The average molecular weight is 233 g/mol. The van der Waals surface area contributed by atoms with E-state index in [9.17, 15) is 9.59 Å². The molecule has 0 bridgehead atoms. The van der Waals surface area contributed by atoms with Crippen molar-refractivity contribution in [3.05, 3.63) is 45.9 Å². The number of anilines is 1. The lowest BCUT2D eigenvalue weighted by molar-refractivity contribution is 0.0690. The van der Waals surface area contributed by atoms with Crippen LogP contribution in [0.5, 0.6) is 0 Å². The van der Waals surface area contributed by atoms with Gasteiger partial charge in [0.05, 0.1) is 5.69 Å². The minimum absolute atomic E-state index is 0.156. The maximum Gasteiger partial charge on any atom is 0.353 e. The van der Waals surface area contributed by atoms with Crippen molar-refractivity contribution >= 4 is 11.7 Å². The van der Waals surface area contributed by atoms with Gasteiger partial charge in [-0.05, 0) is 24.6 Å². The average Bonchev–Trinajstić information content (AvgIpc) is 2.64. The molecule has 0 saturated heterocycles. The normalized spacial score (nSPS) is 10.4. The van der Waals surface area contributed by atoms with Crippen LogP contribution >= 0.6 is 0 Å². The van der Waals surface area contributed by atoms with Crippen LogP contribution in [0.4, 0.5) is 5.69 Å². The molecule has 4 N–H and O–H groups in total. The lowest BCUT2D eigenvalue weighted by Gasteiger charge is -2.06. The van der Waals surface area contributed by atoms with E-state index in [2.05, 4.69) is 5.10 Å². The van der Waals surface area contributed by atoms with Crippen molar-refractivity contribution in [3.8, 4) is 5.69 Å². The molecule has 1 heterocycles. The number of nitrogens with zero attached hydrogens (tertiary/aromatic N) is 1. The number of benzene rings is 1. The van der Waals surface area contributed by atoms with Crippen LogP contribution in [0.25, 0.3) is 5.69 Å². The number of carboxylic acids is 1. The number of hydrogen-bond donors (Lipinski definition) is 3. The molecular formula is C11H11N3O3. The summed E-state index contributed by atoms with van der Waals surface area (Å²) >= 11 is 0. The lowest BCUT2D eigenvalue weighted by Crippen LogP contribution is -2.15. The molecule has 0 unspecified atom stereocenters. The molecule has 1 aromatic heterocycles. The van der Waals surface area contributed by atoms with Gasteiger partial charge in [0, 0.05) is 11.8 Å². The maximum absolute atomic E-state index is 11.6. The number of aromatic carboxylic acids is 1. The minimum atomic E-state index is -1.18. The maximum atomic E-state index is 11.6. The van der Waals surface area contributed by atoms with Crippen molar-refractivity contribution < 1.29 is 9.90 Å². The van der Waals surface area contributed by atoms with Crippen LogP contribution in [0, 0.1) is 6.92 Å². The van der Waals surface area contributed by atoms with E-state index in [4.69, 9.17) is 10.8 Å². The number of rotatable bonds is 2. The number of H-pyrrole nitrogens is 1. The van der Waals surface area contributed by atoms with E-state index < -0.39 is 11.5 Å². The van der Waals surface area contributed by atoms with Crippen LogP contribution < -0.4 is 11.3 Å². The van der Waals surface area contributed by atoms with E-state index in [1.807, 2.05) is 6.92 Å². The van der Waals surface area contributed by atoms with Crippen molar-refractivity contribution in [2.45, 2.75) is 6.92 Å². The van der Waals surface area contributed by atoms with Gasteiger partial charge >= 0.3 is 5.97 Å². The Morgan fingerprint density at radius 1 is 1.41 bits per heavy atom. The highest BCUT2D eigenvalue weighted by Crippen LogP contribution is 2.15. The van der Waals surface area contributed by atoms with Gasteiger partial charge in [0.25, 0.3) is 5.56 Å². The van der Waals surface area contributed by atoms with Crippen molar-refractivity contribution in [2.75, 3.05) is 5.73 Å². The van der Waals surface area contributed by atoms with E-state index >= 15 is 0 Å². The standard InChI is InChI=1S/C11H11N3O3/c1-6-2-3-7(12)4-9(6)14-10(15)5-8(13-14)11(16)17/h2-5,13H,12H2,1H3,(H,16,17). The molecule has 0 aliphatic heterocycles. The molecule has 2 rings (SSSR count). The monoisotopic (exact) mass is 233 g/mol. The molecule has 0 amide bonds. The first-order chi connectivity index (χ1) is 7.99. The highest BCUT2D eigenvalue weighted by atomic mass is 16.4. The molecule has 0 saturated carbocycles. The zero-order chi connectivity index (χ0) is 12.6. The van der Waals surface area contributed by atoms with Crippen molar-refractivity contribution in [2.24, 2.45) is 0 Å². The number of aromatic nitrogens is 2. The van der Waals surface area contributed by atoms with Gasteiger partial charge in [-0.2, -0.15) is 0 Å². The lowest BCUT2D eigenvalue weighted by atomic mass is 10.2. The zero-order valence-electron chi connectivity index (χ0n) is 9.10. The summed E-state index contributed by atoms with van der Waals surface area (Å²) in [6.45, 7) is 1.81. The Hall–Kier alpha value is -2.50. The molecule has 17 heavy (non-hydrogen) atoms. The number of carbonyl (C=O) groups is 1. The van der Waals surface area contributed by atoms with E-state index in [0.717, 1.165) is 16.3 Å². The van der Waals surface area contributed by atoms with Crippen molar-refractivity contribution in [1.82, 2.24) is 9.78 Å². The summed E-state index contributed by atoms with van der Waals surface area (Å²) in [7, 11) is 0. The van der Waals surface area contributed by atoms with E-state index in [0.29, 0.717) is 11.4 Å². The Bertz CT molecular complexity index is 640. The van der Waals surface area contributed by atoms with Gasteiger partial charge in [-0.1, -0.05) is 6.07 Å². The highest BCUT2D eigenvalue weighted by molar-refractivity contribution is 5.85. The summed E-state index contributed by atoms with van der Waals surface area (Å²) in [5.74, 6) is -1.18. The molecule has 88 valence electrons. The Labute approximate surface area is 96.3 Å². The number of nitrogen functional groups attached to an aromatic ring is 1. The fourth-order valence-corrected chi connectivity index (χ4v) is 1.55. The van der Waals surface area contributed by atoms with Crippen LogP contribution in [0.3, 0.4) is 0 Å². The van der Waals surface area contributed by atoms with Gasteiger partial charge in [0.2, 0.25) is 0 Å². The van der Waals surface area contributed by atoms with Crippen LogP contribution in [0.1, 0.15) is 16.1 Å². The summed E-state index contributed by atoms with van der Waals surface area (Å²) in [4.78, 5) is 22.4. The third-order valence-corrected chi connectivity index (χ3v) is 2.42. The van der Waals surface area contributed by atoms with Gasteiger partial charge in [-0.15, -0.1) is 0 Å². The molecule has 0 radical (unpaired) electrons. The molecule has 6 heteroatoms. The summed E-state index contributed by atoms with van der Waals surface area (Å²) in [5, 5.41) is 11.3. The molecule has 0 atom stereocenters. The minimum Gasteiger partial charge on any atom is -0.477 e. The van der Waals surface area contributed by atoms with E-state index in [-0.39, 0.29) is 5.69 Å². The molecule has 0 fully saturated rings. The predicted molar refractivity (Wildman–Crippen MR) is 62.5 cm³/mol. The number of aromatic amines is 1. The molecule has 0 spiro atoms. The number of nitrogens with two attached hydrogens (primary N) is 1. The van der Waals surface area contributed by atoms with Gasteiger partial charge in [-0.25, -0.2) is 9.48 Å². The van der Waals surface area contributed by atoms with Gasteiger partial charge in [0.15, 0.2) is 0 Å². The largest absolute Gasteiger partial charge is 0.477 e. The highest BCUT2D eigenvalue weighted by Gasteiger charge is 2.11. The van der Waals surface area contributed by atoms with Gasteiger partial charge in [-0.3, -0.25) is 9.89 Å². The number of nitrogens with one attached hydrogen (secondary N) is 1. The Balaban J connectivity index is 2.64. The second kappa shape index (κ2) is 3.82. The molecule has 0 aliphatic carbocycles. The Kier molecular flexibility index (Phi) is 2.47. The molecule has 6 nitrogen and oxygen atoms in total. The fraction of sp³-hybridized carbons (Fsp3) is 0.0909. The topological polar surface area (TPSA) is 101 Å². The van der Waals surface area contributed by atoms with Crippen LogP contribution in [0.15, 0.2) is 29.1 Å². The molecule has 0 aliphatic rings. The first-order valence-corrected chi connectivity index (χ1v) is 4.91. The van der Waals surface area contributed by atoms with Crippen LogP contribution in [-0.2, 0) is 0 Å². The third-order valence-electron chi connectivity index (χ3n) is 2.42. The molecule has 1 aromatic carbocycles. The summed E-state index contributed by atoms with van der Waals surface area (Å²) in [6, 6.07) is 6.12. The predicted octanol–water partition coefficient (Wildman–Crippen LogP) is 0.754. The van der Waals surface area contributed by atoms with E-state index in [1.54, 1.807) is 18.2 Å². The zero-order valence-corrected chi connectivity index (χ0v) is 9.10. The summed E-state index contributed by atoms with van der Waals surface area (Å²) < 4.78 is 1.16. The molecular weight excluding hydrogens is 222 g/mol. The van der Waals surface area contributed by atoms with Crippen LogP contribution in [-0.4, -0.2) is 20.9 Å². The quantitative estimate of drug-likeness (QED) is 0.666. The SMILES string of the molecule is Cc1ccc(N)cc1-n1[nH]c(C(=O)O)cc1=O. The Morgan fingerprint density at radius 3 is 2.71 bits per heavy atom. The first-order valence-electron chi connectivity index (χ1n) is 4.91. The second-order valence-electron chi connectivity index (χ2n) is 3.69. The van der Waals surface area contributed by atoms with Crippen molar-refractivity contribution in [1.29, 1.82) is 0 Å². The second-order valence-corrected chi connectivity index (χ2v) is 3.69. The first kappa shape index (κ1) is 11.0. The Morgan fingerprint density at radius 2 is 2.12 bits per heavy atom. The third kappa shape index (κ3) is 1.92. The van der Waals surface area contributed by atoms with Crippen molar-refractivity contribution in [3.63, 3.8) is 0 Å². The fourth-order valence-electron chi connectivity index (χ4n) is 1.55. The van der Waals surface area contributed by atoms with Crippen LogP contribution in [0.2, 0.25) is 0 Å².